The summed E-state index contributed by atoms with van der Waals surface area (Å²) in [6.45, 7) is 4.04. The fourth-order valence-electron chi connectivity index (χ4n) is 1.76. The first-order valence-electron chi connectivity index (χ1n) is 5.59. The molecule has 6 heteroatoms. The van der Waals surface area contributed by atoms with Gasteiger partial charge in [0.2, 0.25) is 5.79 Å². The third-order valence-corrected chi connectivity index (χ3v) is 3.53. The monoisotopic (exact) mass is 251 g/mol. The molecule has 92 valence electrons. The van der Waals surface area contributed by atoms with E-state index in [1.807, 2.05) is 18.4 Å². The molecule has 2 rings (SSSR count). The summed E-state index contributed by atoms with van der Waals surface area (Å²) in [4.78, 5) is 8.64. The van der Waals surface area contributed by atoms with E-state index >= 15 is 0 Å². The highest BCUT2D eigenvalue weighted by Crippen LogP contribution is 2.25. The van der Waals surface area contributed by atoms with Crippen molar-refractivity contribution >= 4 is 17.2 Å². The predicted molar refractivity (Wildman–Crippen MR) is 70.5 cm³/mol. The molecule has 1 aromatic rings. The van der Waals surface area contributed by atoms with Crippen molar-refractivity contribution in [2.45, 2.75) is 32.5 Å². The highest BCUT2D eigenvalue weighted by Gasteiger charge is 2.33. The Labute approximate surface area is 105 Å². The molecule has 17 heavy (non-hydrogen) atoms. The van der Waals surface area contributed by atoms with Gasteiger partial charge in [-0.05, 0) is 19.4 Å². The molecule has 0 spiro atoms. The van der Waals surface area contributed by atoms with Crippen LogP contribution in [0.4, 0.5) is 0 Å². The number of hydrogen-bond acceptors (Lipinski definition) is 6. The summed E-state index contributed by atoms with van der Waals surface area (Å²) in [7, 11) is 0. The molecule has 2 heterocycles. The van der Waals surface area contributed by atoms with Gasteiger partial charge in [0.15, 0.2) is 5.01 Å². The molecule has 0 saturated heterocycles. The number of amidine groups is 1. The van der Waals surface area contributed by atoms with Crippen LogP contribution in [0, 0.1) is 6.92 Å². The van der Waals surface area contributed by atoms with E-state index in [0.29, 0.717) is 5.84 Å². The number of aliphatic imine (C=N–C) groups is 1. The van der Waals surface area contributed by atoms with Crippen molar-refractivity contribution in [2.24, 2.45) is 16.5 Å². The topological polar surface area (TPSA) is 89.3 Å². The minimum atomic E-state index is -1.01. The predicted octanol–water partition coefficient (Wildman–Crippen LogP) is 1.16. The van der Waals surface area contributed by atoms with Gasteiger partial charge in [0, 0.05) is 16.8 Å². The van der Waals surface area contributed by atoms with E-state index in [1.165, 1.54) is 11.3 Å². The number of thiazole rings is 1. The number of hydrogen-bond donors (Lipinski definition) is 3. The molecule has 0 saturated carbocycles. The van der Waals surface area contributed by atoms with Crippen molar-refractivity contribution in [3.05, 3.63) is 27.9 Å². The van der Waals surface area contributed by atoms with E-state index in [1.54, 1.807) is 0 Å². The highest BCUT2D eigenvalue weighted by atomic mass is 32.1. The van der Waals surface area contributed by atoms with Gasteiger partial charge in [-0.2, -0.15) is 0 Å². The van der Waals surface area contributed by atoms with Crippen molar-refractivity contribution in [3.8, 4) is 0 Å². The largest absolute Gasteiger partial charge is 0.384 e. The lowest BCUT2D eigenvalue weighted by Crippen LogP contribution is -2.51. The number of nitrogens with one attached hydrogen (secondary N) is 1. The van der Waals surface area contributed by atoms with Crippen molar-refractivity contribution in [1.29, 1.82) is 0 Å². The molecule has 5 N–H and O–H groups in total. The van der Waals surface area contributed by atoms with Gasteiger partial charge < -0.3 is 11.1 Å². The van der Waals surface area contributed by atoms with Crippen LogP contribution in [0.1, 0.15) is 30.5 Å². The first-order chi connectivity index (χ1) is 8.03. The van der Waals surface area contributed by atoms with Gasteiger partial charge in [0.1, 0.15) is 5.84 Å². The first kappa shape index (κ1) is 12.1. The van der Waals surface area contributed by atoms with E-state index in [9.17, 15) is 0 Å². The smallest absolute Gasteiger partial charge is 0.238 e. The summed E-state index contributed by atoms with van der Waals surface area (Å²) in [5, 5.41) is 5.90. The van der Waals surface area contributed by atoms with E-state index in [0.717, 1.165) is 29.2 Å². The third-order valence-electron chi connectivity index (χ3n) is 2.44. The van der Waals surface area contributed by atoms with Gasteiger partial charge in [0.25, 0.3) is 0 Å². The molecule has 1 aliphatic rings. The quantitative estimate of drug-likeness (QED) is 0.752. The van der Waals surface area contributed by atoms with Crippen LogP contribution in [0.3, 0.4) is 0 Å². The van der Waals surface area contributed by atoms with Crippen LogP contribution in [0.5, 0.6) is 0 Å². The Morgan fingerprint density at radius 1 is 1.53 bits per heavy atom. The van der Waals surface area contributed by atoms with E-state index in [-0.39, 0.29) is 0 Å². The zero-order valence-electron chi connectivity index (χ0n) is 10.0. The third kappa shape index (κ3) is 2.48. The minimum absolute atomic E-state index is 0.447. The highest BCUT2D eigenvalue weighted by molar-refractivity contribution is 7.09. The average molecular weight is 251 g/mol. The molecule has 0 bridgehead atoms. The second kappa shape index (κ2) is 4.46. The van der Waals surface area contributed by atoms with Crippen LogP contribution >= 0.6 is 11.3 Å². The summed E-state index contributed by atoms with van der Waals surface area (Å²) >= 11 is 1.49. The van der Waals surface area contributed by atoms with Crippen molar-refractivity contribution in [2.75, 3.05) is 0 Å². The summed E-state index contributed by atoms with van der Waals surface area (Å²) in [5.41, 5.74) is 14.0. The SMILES string of the molecule is CCCC1=CC(N)=NC(N)(c2nc(C)cs2)N1. The van der Waals surface area contributed by atoms with Crippen molar-refractivity contribution in [1.82, 2.24) is 10.3 Å². The zero-order valence-corrected chi connectivity index (χ0v) is 10.8. The van der Waals surface area contributed by atoms with Gasteiger partial charge in [-0.1, -0.05) is 13.3 Å². The lowest BCUT2D eigenvalue weighted by Gasteiger charge is -2.30. The maximum Gasteiger partial charge on any atom is 0.238 e. The van der Waals surface area contributed by atoms with Gasteiger partial charge in [-0.3, -0.25) is 5.73 Å². The maximum absolute atomic E-state index is 6.23. The Bertz CT molecular complexity index is 476. The molecule has 0 fully saturated rings. The Morgan fingerprint density at radius 2 is 2.29 bits per heavy atom. The zero-order chi connectivity index (χ0) is 12.5. The van der Waals surface area contributed by atoms with Crippen LogP contribution in [0.2, 0.25) is 0 Å². The minimum Gasteiger partial charge on any atom is -0.384 e. The van der Waals surface area contributed by atoms with Gasteiger partial charge in [-0.15, -0.1) is 11.3 Å². The standard InChI is InChI=1S/C11H17N5S/c1-3-4-8-5-9(12)16-11(13,15-8)10-14-7(2)6-17-10/h5-6,15H,3-4,13H2,1-2H3,(H2,12,16). The van der Waals surface area contributed by atoms with Crippen molar-refractivity contribution < 1.29 is 0 Å². The fraction of sp³-hybridized carbons (Fsp3) is 0.455. The molecule has 0 aliphatic carbocycles. The second-order valence-corrected chi connectivity index (χ2v) is 5.00. The molecule has 5 nitrogen and oxygen atoms in total. The fourth-order valence-corrected chi connectivity index (χ4v) is 2.57. The van der Waals surface area contributed by atoms with Crippen LogP contribution in [-0.4, -0.2) is 10.8 Å². The number of nitrogens with two attached hydrogens (primary N) is 2. The molecular formula is C11H17N5S. The Hall–Kier alpha value is -1.40. The second-order valence-electron chi connectivity index (χ2n) is 4.14. The van der Waals surface area contributed by atoms with Crippen molar-refractivity contribution in [3.63, 3.8) is 0 Å². The van der Waals surface area contributed by atoms with Crippen LogP contribution < -0.4 is 16.8 Å². The number of rotatable bonds is 3. The molecule has 1 aromatic heterocycles. The molecule has 1 unspecified atom stereocenters. The number of allylic oxidation sites excluding steroid dienone is 1. The molecule has 1 atom stereocenters. The average Bonchev–Trinajstić information content (AvgIpc) is 2.64. The summed E-state index contributed by atoms with van der Waals surface area (Å²) < 4.78 is 0. The van der Waals surface area contributed by atoms with Crippen LogP contribution in [0.15, 0.2) is 22.1 Å². The Morgan fingerprint density at radius 3 is 2.88 bits per heavy atom. The molecular weight excluding hydrogens is 234 g/mol. The summed E-state index contributed by atoms with van der Waals surface area (Å²) in [5.74, 6) is -0.565. The number of aryl methyl sites for hydroxylation is 1. The number of nitrogens with zero attached hydrogens (tertiary/aromatic N) is 2. The molecule has 1 aliphatic heterocycles. The number of aromatic nitrogens is 1. The van der Waals surface area contributed by atoms with Gasteiger partial charge in [0.05, 0.1) is 0 Å². The Kier molecular flexibility index (Phi) is 3.17. The molecule has 0 radical (unpaired) electrons. The van der Waals surface area contributed by atoms with E-state index in [4.69, 9.17) is 11.5 Å². The van der Waals surface area contributed by atoms with Crippen LogP contribution in [0.25, 0.3) is 0 Å². The maximum atomic E-state index is 6.23. The summed E-state index contributed by atoms with van der Waals surface area (Å²) in [6.07, 6.45) is 3.76. The van der Waals surface area contributed by atoms with Crippen LogP contribution in [-0.2, 0) is 5.79 Å². The normalized spacial score (nSPS) is 23.9. The molecule has 0 amide bonds. The lowest BCUT2D eigenvalue weighted by atomic mass is 10.2. The lowest BCUT2D eigenvalue weighted by molar-refractivity contribution is 0.384. The van der Waals surface area contributed by atoms with Gasteiger partial charge in [-0.25, -0.2) is 9.98 Å². The summed E-state index contributed by atoms with van der Waals surface area (Å²) in [6, 6.07) is 0. The van der Waals surface area contributed by atoms with Gasteiger partial charge >= 0.3 is 0 Å². The molecule has 0 aromatic carbocycles. The van der Waals surface area contributed by atoms with E-state index < -0.39 is 5.79 Å². The Balaban J connectivity index is 2.31. The first-order valence-corrected chi connectivity index (χ1v) is 6.47. The van der Waals surface area contributed by atoms with E-state index in [2.05, 4.69) is 22.2 Å².